The van der Waals surface area contributed by atoms with Gasteiger partial charge in [-0.3, -0.25) is 0 Å². The molecule has 0 saturated heterocycles. The third-order valence-corrected chi connectivity index (χ3v) is 5.03. The highest BCUT2D eigenvalue weighted by Crippen LogP contribution is 2.37. The second kappa shape index (κ2) is 6.63. The molecule has 1 aromatic heterocycles. The van der Waals surface area contributed by atoms with Crippen molar-refractivity contribution in [1.82, 2.24) is 5.32 Å². The van der Waals surface area contributed by atoms with Crippen molar-refractivity contribution in [1.29, 1.82) is 0 Å². The van der Waals surface area contributed by atoms with E-state index in [4.69, 9.17) is 0 Å². The van der Waals surface area contributed by atoms with Crippen molar-refractivity contribution >= 4 is 17.0 Å². The van der Waals surface area contributed by atoms with Crippen LogP contribution in [0.5, 0.6) is 0 Å². The molecule has 1 saturated carbocycles. The zero-order valence-corrected chi connectivity index (χ0v) is 13.7. The number of para-hydroxylation sites is 1. The highest BCUT2D eigenvalue weighted by Gasteiger charge is 2.31. The molecule has 1 atom stereocenters. The molecule has 0 bridgehead atoms. The minimum atomic E-state index is 0.435. The van der Waals surface area contributed by atoms with Crippen molar-refractivity contribution in [3.8, 4) is 0 Å². The van der Waals surface area contributed by atoms with Crippen LogP contribution < -0.4 is 10.2 Å². The van der Waals surface area contributed by atoms with Gasteiger partial charge < -0.3 is 10.2 Å². The quantitative estimate of drug-likeness (QED) is 0.804. The van der Waals surface area contributed by atoms with E-state index in [1.807, 2.05) is 0 Å². The molecule has 21 heavy (non-hydrogen) atoms. The van der Waals surface area contributed by atoms with Crippen molar-refractivity contribution < 1.29 is 0 Å². The number of anilines is 1. The van der Waals surface area contributed by atoms with Gasteiger partial charge in [-0.15, -0.1) is 0 Å². The standard InChI is InChI=1S/C18H24N2S/c1-3-17(19-2)16-6-4-5-7-18(16)20(15-8-9-15)12-14-10-11-21-13-14/h4-7,10-11,13,15,17,19H,3,8-9,12H2,1-2H3. The number of benzene rings is 1. The number of thiophene rings is 1. The summed E-state index contributed by atoms with van der Waals surface area (Å²) in [6.45, 7) is 3.28. The number of hydrogen-bond donors (Lipinski definition) is 1. The van der Waals surface area contributed by atoms with Crippen molar-refractivity contribution in [3.63, 3.8) is 0 Å². The fourth-order valence-corrected chi connectivity index (χ4v) is 3.66. The van der Waals surface area contributed by atoms with Crippen molar-refractivity contribution in [2.24, 2.45) is 0 Å². The van der Waals surface area contributed by atoms with E-state index in [1.165, 1.54) is 29.7 Å². The third kappa shape index (κ3) is 3.30. The Balaban J connectivity index is 1.92. The van der Waals surface area contributed by atoms with Crippen LogP contribution in [0.3, 0.4) is 0 Å². The summed E-state index contributed by atoms with van der Waals surface area (Å²) in [7, 11) is 2.06. The highest BCUT2D eigenvalue weighted by molar-refractivity contribution is 7.07. The third-order valence-electron chi connectivity index (χ3n) is 4.30. The monoisotopic (exact) mass is 300 g/mol. The van der Waals surface area contributed by atoms with Gasteiger partial charge in [0.2, 0.25) is 0 Å². The molecule has 1 aliphatic rings. The van der Waals surface area contributed by atoms with Crippen LogP contribution in [-0.4, -0.2) is 13.1 Å². The summed E-state index contributed by atoms with van der Waals surface area (Å²) in [6, 6.07) is 12.3. The van der Waals surface area contributed by atoms with Crippen LogP contribution in [0.2, 0.25) is 0 Å². The normalized spacial score (nSPS) is 15.9. The van der Waals surface area contributed by atoms with Gasteiger partial charge in [-0.05, 0) is 60.3 Å². The smallest absolute Gasteiger partial charge is 0.0440 e. The fourth-order valence-electron chi connectivity index (χ4n) is 3.00. The zero-order chi connectivity index (χ0) is 14.7. The largest absolute Gasteiger partial charge is 0.364 e. The van der Waals surface area contributed by atoms with Crippen molar-refractivity contribution in [2.75, 3.05) is 11.9 Å². The summed E-state index contributed by atoms with van der Waals surface area (Å²) in [4.78, 5) is 2.61. The van der Waals surface area contributed by atoms with Gasteiger partial charge in [-0.25, -0.2) is 0 Å². The van der Waals surface area contributed by atoms with Crippen LogP contribution in [0, 0.1) is 0 Å². The van der Waals surface area contributed by atoms with Crippen LogP contribution >= 0.6 is 11.3 Å². The van der Waals surface area contributed by atoms with Crippen molar-refractivity contribution in [2.45, 2.75) is 44.8 Å². The SMILES string of the molecule is CCC(NC)c1ccccc1N(Cc1ccsc1)C1CC1. The summed E-state index contributed by atoms with van der Waals surface area (Å²) in [5.41, 5.74) is 4.27. The molecule has 0 radical (unpaired) electrons. The number of nitrogens with one attached hydrogen (secondary N) is 1. The van der Waals surface area contributed by atoms with E-state index in [-0.39, 0.29) is 0 Å². The molecule has 2 nitrogen and oxygen atoms in total. The Morgan fingerprint density at radius 2 is 2.10 bits per heavy atom. The molecular weight excluding hydrogens is 276 g/mol. The van der Waals surface area contributed by atoms with E-state index in [9.17, 15) is 0 Å². The minimum absolute atomic E-state index is 0.435. The average Bonchev–Trinajstić information content (AvgIpc) is 3.23. The highest BCUT2D eigenvalue weighted by atomic mass is 32.1. The maximum absolute atomic E-state index is 3.46. The predicted molar refractivity (Wildman–Crippen MR) is 92.1 cm³/mol. The molecule has 2 aromatic rings. The minimum Gasteiger partial charge on any atom is -0.364 e. The van der Waals surface area contributed by atoms with Gasteiger partial charge in [0, 0.05) is 24.3 Å². The number of nitrogens with zero attached hydrogens (tertiary/aromatic N) is 1. The van der Waals surface area contributed by atoms with Crippen LogP contribution in [-0.2, 0) is 6.54 Å². The lowest BCUT2D eigenvalue weighted by Crippen LogP contribution is -2.28. The van der Waals surface area contributed by atoms with E-state index in [1.54, 1.807) is 11.3 Å². The zero-order valence-electron chi connectivity index (χ0n) is 12.9. The summed E-state index contributed by atoms with van der Waals surface area (Å²) < 4.78 is 0. The lowest BCUT2D eigenvalue weighted by Gasteiger charge is -2.29. The fraction of sp³-hybridized carbons (Fsp3) is 0.444. The first-order chi connectivity index (χ1) is 10.3. The van der Waals surface area contributed by atoms with E-state index >= 15 is 0 Å². The maximum atomic E-state index is 3.46. The van der Waals surface area contributed by atoms with Crippen LogP contribution in [0.4, 0.5) is 5.69 Å². The summed E-state index contributed by atoms with van der Waals surface area (Å²) in [6.07, 6.45) is 3.77. The number of hydrogen-bond acceptors (Lipinski definition) is 3. The molecule has 3 heteroatoms. The van der Waals surface area contributed by atoms with Gasteiger partial charge in [0.15, 0.2) is 0 Å². The molecule has 0 aliphatic heterocycles. The Morgan fingerprint density at radius 3 is 2.71 bits per heavy atom. The second-order valence-corrected chi connectivity index (χ2v) is 6.58. The molecular formula is C18H24N2S. The van der Waals surface area contributed by atoms with Crippen molar-refractivity contribution in [3.05, 3.63) is 52.2 Å². The Hall–Kier alpha value is -1.32. The van der Waals surface area contributed by atoms with E-state index in [0.717, 1.165) is 19.0 Å². The molecule has 1 heterocycles. The van der Waals surface area contributed by atoms with Gasteiger partial charge in [0.25, 0.3) is 0 Å². The van der Waals surface area contributed by atoms with Gasteiger partial charge in [-0.2, -0.15) is 11.3 Å². The molecule has 3 rings (SSSR count). The van der Waals surface area contributed by atoms with Gasteiger partial charge in [0.1, 0.15) is 0 Å². The summed E-state index contributed by atoms with van der Waals surface area (Å²) in [5, 5.41) is 7.90. The van der Waals surface area contributed by atoms with Crippen LogP contribution in [0.15, 0.2) is 41.1 Å². The van der Waals surface area contributed by atoms with E-state index in [0.29, 0.717) is 6.04 Å². The summed E-state index contributed by atoms with van der Waals surface area (Å²) >= 11 is 1.79. The Labute approximate surface area is 131 Å². The van der Waals surface area contributed by atoms with E-state index < -0.39 is 0 Å². The number of rotatable bonds is 7. The average molecular weight is 300 g/mol. The Kier molecular flexibility index (Phi) is 4.61. The van der Waals surface area contributed by atoms with Crippen LogP contribution in [0.1, 0.15) is 43.4 Å². The lowest BCUT2D eigenvalue weighted by atomic mass is 10.0. The molecule has 1 unspecified atom stereocenters. The molecule has 112 valence electrons. The topological polar surface area (TPSA) is 15.3 Å². The maximum Gasteiger partial charge on any atom is 0.0440 e. The Bertz CT molecular complexity index is 556. The van der Waals surface area contributed by atoms with Gasteiger partial charge >= 0.3 is 0 Å². The molecule has 1 aromatic carbocycles. The molecule has 1 fully saturated rings. The lowest BCUT2D eigenvalue weighted by molar-refractivity contribution is 0.574. The summed E-state index contributed by atoms with van der Waals surface area (Å²) in [5.74, 6) is 0. The predicted octanol–water partition coefficient (Wildman–Crippen LogP) is 4.59. The first-order valence-electron chi connectivity index (χ1n) is 7.87. The molecule has 0 spiro atoms. The molecule has 1 aliphatic carbocycles. The van der Waals surface area contributed by atoms with Crippen LogP contribution in [0.25, 0.3) is 0 Å². The second-order valence-electron chi connectivity index (χ2n) is 5.80. The van der Waals surface area contributed by atoms with Gasteiger partial charge in [-0.1, -0.05) is 25.1 Å². The Morgan fingerprint density at radius 1 is 1.29 bits per heavy atom. The first kappa shape index (κ1) is 14.6. The molecule has 0 amide bonds. The van der Waals surface area contributed by atoms with Gasteiger partial charge in [0.05, 0.1) is 0 Å². The van der Waals surface area contributed by atoms with E-state index in [2.05, 4.69) is 65.3 Å². The first-order valence-corrected chi connectivity index (χ1v) is 8.81. The molecule has 1 N–H and O–H groups in total.